The second kappa shape index (κ2) is 6.69. The highest BCUT2D eigenvalue weighted by molar-refractivity contribution is 9.10. The third-order valence-corrected chi connectivity index (χ3v) is 4.14. The first-order valence-electron chi connectivity index (χ1n) is 6.83. The average Bonchev–Trinajstić information content (AvgIpc) is 3.13. The second-order valence-electron chi connectivity index (χ2n) is 5.41. The van der Waals surface area contributed by atoms with Gasteiger partial charge in [0, 0.05) is 23.1 Å². The predicted molar refractivity (Wildman–Crippen MR) is 80.7 cm³/mol. The lowest BCUT2D eigenvalue weighted by molar-refractivity contribution is 0.236. The van der Waals surface area contributed by atoms with Crippen LogP contribution >= 0.6 is 15.9 Å². The van der Waals surface area contributed by atoms with Crippen LogP contribution in [-0.2, 0) is 6.54 Å². The normalized spacial score (nSPS) is 17.1. The molecule has 1 saturated carbocycles. The topological polar surface area (TPSA) is 15.3 Å². The molecule has 1 aliphatic rings. The predicted octanol–water partition coefficient (Wildman–Crippen LogP) is 3.41. The van der Waals surface area contributed by atoms with Crippen LogP contribution in [0.3, 0.4) is 0 Å². The summed E-state index contributed by atoms with van der Waals surface area (Å²) in [5.74, 6) is 0. The van der Waals surface area contributed by atoms with Gasteiger partial charge in [0.1, 0.15) is 0 Å². The first kappa shape index (κ1) is 14.0. The molecule has 18 heavy (non-hydrogen) atoms. The van der Waals surface area contributed by atoms with Crippen molar-refractivity contribution in [2.24, 2.45) is 0 Å². The summed E-state index contributed by atoms with van der Waals surface area (Å²) in [4.78, 5) is 2.43. The molecular weight excluding hydrogens is 288 g/mol. The molecule has 0 saturated heterocycles. The van der Waals surface area contributed by atoms with Gasteiger partial charge in [-0.15, -0.1) is 0 Å². The number of nitrogens with zero attached hydrogens (tertiary/aromatic N) is 1. The number of halogens is 1. The molecule has 1 aliphatic carbocycles. The molecule has 2 nitrogen and oxygen atoms in total. The van der Waals surface area contributed by atoms with Gasteiger partial charge in [-0.3, -0.25) is 4.90 Å². The standard InChI is InChI=1S/C15H23BrN2/c1-12(8-9-17-15-6-7-15)18(2)11-13-4-3-5-14(16)10-13/h3-5,10,12,15,17H,6-9,11H2,1-2H3. The van der Waals surface area contributed by atoms with E-state index in [9.17, 15) is 0 Å². The molecule has 3 heteroatoms. The van der Waals surface area contributed by atoms with Crippen molar-refractivity contribution in [3.63, 3.8) is 0 Å². The zero-order valence-electron chi connectivity index (χ0n) is 11.3. The Labute approximate surface area is 119 Å². The molecule has 1 N–H and O–H groups in total. The van der Waals surface area contributed by atoms with Crippen LogP contribution in [0.2, 0.25) is 0 Å². The molecule has 1 atom stereocenters. The van der Waals surface area contributed by atoms with Crippen molar-refractivity contribution in [2.45, 2.75) is 44.8 Å². The van der Waals surface area contributed by atoms with Crippen LogP contribution in [0.4, 0.5) is 0 Å². The summed E-state index contributed by atoms with van der Waals surface area (Å²) in [5.41, 5.74) is 1.37. The third kappa shape index (κ3) is 4.71. The Kier molecular flexibility index (Phi) is 5.22. The van der Waals surface area contributed by atoms with Gasteiger partial charge in [0.05, 0.1) is 0 Å². The Bertz CT molecular complexity index is 377. The largest absolute Gasteiger partial charge is 0.314 e. The summed E-state index contributed by atoms with van der Waals surface area (Å²) < 4.78 is 1.16. The van der Waals surface area contributed by atoms with E-state index in [1.54, 1.807) is 0 Å². The fraction of sp³-hybridized carbons (Fsp3) is 0.600. The van der Waals surface area contributed by atoms with Gasteiger partial charge in [0.15, 0.2) is 0 Å². The Morgan fingerprint density at radius 1 is 1.44 bits per heavy atom. The molecule has 0 bridgehead atoms. The lowest BCUT2D eigenvalue weighted by Crippen LogP contribution is -2.32. The first-order chi connectivity index (χ1) is 8.65. The maximum absolute atomic E-state index is 3.58. The van der Waals surface area contributed by atoms with Gasteiger partial charge in [0.2, 0.25) is 0 Å². The molecule has 0 aromatic heterocycles. The molecule has 100 valence electrons. The quantitative estimate of drug-likeness (QED) is 0.830. The van der Waals surface area contributed by atoms with Crippen molar-refractivity contribution in [1.82, 2.24) is 10.2 Å². The van der Waals surface area contributed by atoms with E-state index in [1.807, 2.05) is 0 Å². The number of benzene rings is 1. The zero-order chi connectivity index (χ0) is 13.0. The minimum absolute atomic E-state index is 0.621. The fourth-order valence-electron chi connectivity index (χ4n) is 2.08. The van der Waals surface area contributed by atoms with E-state index in [4.69, 9.17) is 0 Å². The summed E-state index contributed by atoms with van der Waals surface area (Å²) in [6.45, 7) is 4.48. The van der Waals surface area contributed by atoms with Crippen molar-refractivity contribution >= 4 is 15.9 Å². The average molecular weight is 311 g/mol. The van der Waals surface area contributed by atoms with Crippen LogP contribution in [0, 0.1) is 0 Å². The van der Waals surface area contributed by atoms with E-state index in [-0.39, 0.29) is 0 Å². The van der Waals surface area contributed by atoms with E-state index in [0.717, 1.165) is 23.6 Å². The lowest BCUT2D eigenvalue weighted by atomic mass is 10.1. The van der Waals surface area contributed by atoms with E-state index in [1.165, 1.54) is 24.8 Å². The highest BCUT2D eigenvalue weighted by atomic mass is 79.9. The highest BCUT2D eigenvalue weighted by Gasteiger charge is 2.20. The van der Waals surface area contributed by atoms with Crippen molar-refractivity contribution in [2.75, 3.05) is 13.6 Å². The SMILES string of the molecule is CC(CCNC1CC1)N(C)Cc1cccc(Br)c1. The number of hydrogen-bond acceptors (Lipinski definition) is 2. The maximum atomic E-state index is 3.58. The minimum atomic E-state index is 0.621. The van der Waals surface area contributed by atoms with Crippen molar-refractivity contribution in [1.29, 1.82) is 0 Å². The van der Waals surface area contributed by atoms with Gasteiger partial charge in [-0.2, -0.15) is 0 Å². The van der Waals surface area contributed by atoms with E-state index >= 15 is 0 Å². The minimum Gasteiger partial charge on any atom is -0.314 e. The molecule has 1 aromatic carbocycles. The molecule has 1 fully saturated rings. The van der Waals surface area contributed by atoms with Crippen LogP contribution in [0.25, 0.3) is 0 Å². The van der Waals surface area contributed by atoms with Gasteiger partial charge < -0.3 is 5.32 Å². The van der Waals surface area contributed by atoms with Gasteiger partial charge in [-0.1, -0.05) is 28.1 Å². The van der Waals surface area contributed by atoms with E-state index < -0.39 is 0 Å². The highest BCUT2D eigenvalue weighted by Crippen LogP contribution is 2.19. The van der Waals surface area contributed by atoms with Crippen LogP contribution in [0.1, 0.15) is 31.7 Å². The fourth-order valence-corrected chi connectivity index (χ4v) is 2.53. The summed E-state index contributed by atoms with van der Waals surface area (Å²) in [6, 6.07) is 10.0. The molecular formula is C15H23BrN2. The maximum Gasteiger partial charge on any atom is 0.0233 e. The molecule has 1 unspecified atom stereocenters. The van der Waals surface area contributed by atoms with Gasteiger partial charge in [0.25, 0.3) is 0 Å². The van der Waals surface area contributed by atoms with Crippen molar-refractivity contribution in [3.8, 4) is 0 Å². The molecule has 0 aliphatic heterocycles. The molecule has 0 amide bonds. The van der Waals surface area contributed by atoms with Gasteiger partial charge >= 0.3 is 0 Å². The first-order valence-corrected chi connectivity index (χ1v) is 7.62. The van der Waals surface area contributed by atoms with Crippen molar-refractivity contribution in [3.05, 3.63) is 34.3 Å². The van der Waals surface area contributed by atoms with Crippen LogP contribution in [0.15, 0.2) is 28.7 Å². The van der Waals surface area contributed by atoms with Gasteiger partial charge in [-0.05, 0) is 57.5 Å². The van der Waals surface area contributed by atoms with Crippen LogP contribution in [0.5, 0.6) is 0 Å². The number of hydrogen-bond donors (Lipinski definition) is 1. The number of rotatable bonds is 7. The smallest absolute Gasteiger partial charge is 0.0233 e. The Hall–Kier alpha value is -0.380. The van der Waals surface area contributed by atoms with Crippen LogP contribution < -0.4 is 5.32 Å². The summed E-state index contributed by atoms with van der Waals surface area (Å²) in [7, 11) is 2.21. The summed E-state index contributed by atoms with van der Waals surface area (Å²) in [5, 5.41) is 3.58. The summed E-state index contributed by atoms with van der Waals surface area (Å²) >= 11 is 3.53. The summed E-state index contributed by atoms with van der Waals surface area (Å²) in [6.07, 6.45) is 3.98. The Balaban J connectivity index is 1.73. The molecule has 0 radical (unpaired) electrons. The monoisotopic (exact) mass is 310 g/mol. The lowest BCUT2D eigenvalue weighted by Gasteiger charge is -2.25. The Morgan fingerprint density at radius 2 is 2.22 bits per heavy atom. The molecule has 1 aromatic rings. The molecule has 0 heterocycles. The number of nitrogens with one attached hydrogen (secondary N) is 1. The van der Waals surface area contributed by atoms with Gasteiger partial charge in [-0.25, -0.2) is 0 Å². The Morgan fingerprint density at radius 3 is 2.89 bits per heavy atom. The van der Waals surface area contributed by atoms with Crippen LogP contribution in [-0.4, -0.2) is 30.6 Å². The van der Waals surface area contributed by atoms with E-state index in [2.05, 4.69) is 64.4 Å². The third-order valence-electron chi connectivity index (χ3n) is 3.65. The molecule has 0 spiro atoms. The zero-order valence-corrected chi connectivity index (χ0v) is 12.9. The van der Waals surface area contributed by atoms with E-state index in [0.29, 0.717) is 6.04 Å². The molecule has 2 rings (SSSR count). The second-order valence-corrected chi connectivity index (χ2v) is 6.33. The van der Waals surface area contributed by atoms with Crippen molar-refractivity contribution < 1.29 is 0 Å².